The summed E-state index contributed by atoms with van der Waals surface area (Å²) in [6, 6.07) is 0. The van der Waals surface area contributed by atoms with Gasteiger partial charge in [-0.15, -0.1) is 0 Å². The summed E-state index contributed by atoms with van der Waals surface area (Å²) < 4.78 is 11.0. The highest BCUT2D eigenvalue weighted by Gasteiger charge is 2.27. The fourth-order valence-corrected chi connectivity index (χ4v) is 1.22. The monoisotopic (exact) mass is 230 g/mol. The number of nitrogens with two attached hydrogens (primary N) is 1. The van der Waals surface area contributed by atoms with Crippen LogP contribution in [0.3, 0.4) is 0 Å². The van der Waals surface area contributed by atoms with E-state index in [2.05, 4.69) is 29.3 Å². The molecule has 0 aliphatic carbocycles. The summed E-state index contributed by atoms with van der Waals surface area (Å²) in [6.45, 7) is 6.05. The quantitative estimate of drug-likeness (QED) is 0.314. The summed E-state index contributed by atoms with van der Waals surface area (Å²) in [6.07, 6.45) is 1.30. The van der Waals surface area contributed by atoms with Gasteiger partial charge in [-0.2, -0.15) is 0 Å². The first kappa shape index (κ1) is 13.1. The molecule has 1 aliphatic rings. The van der Waals surface area contributed by atoms with Crippen molar-refractivity contribution in [3.8, 4) is 0 Å². The first-order chi connectivity index (χ1) is 7.57. The first-order valence-electron chi connectivity index (χ1n) is 5.24. The van der Waals surface area contributed by atoms with E-state index >= 15 is 0 Å². The zero-order chi connectivity index (χ0) is 12.0. The summed E-state index contributed by atoms with van der Waals surface area (Å²) in [7, 11) is 1.64. The van der Waals surface area contributed by atoms with E-state index in [0.29, 0.717) is 25.6 Å². The summed E-state index contributed by atoms with van der Waals surface area (Å²) >= 11 is 0. The van der Waals surface area contributed by atoms with Crippen molar-refractivity contribution in [3.05, 3.63) is 0 Å². The van der Waals surface area contributed by atoms with Crippen molar-refractivity contribution in [1.29, 1.82) is 0 Å². The maximum atomic E-state index is 5.51. The Hall–Kier alpha value is -0.980. The minimum absolute atomic E-state index is 0. The van der Waals surface area contributed by atoms with Gasteiger partial charge >= 0.3 is 0 Å². The summed E-state index contributed by atoms with van der Waals surface area (Å²) in [5.41, 5.74) is 2.51. The number of hydrazine groups is 1. The van der Waals surface area contributed by atoms with Gasteiger partial charge in [0.2, 0.25) is 0 Å². The molecule has 1 heterocycles. The largest absolute Gasteiger partial charge is 0.350 e. The highest BCUT2D eigenvalue weighted by Crippen LogP contribution is 2.22. The zero-order valence-corrected chi connectivity index (χ0v) is 10.1. The van der Waals surface area contributed by atoms with E-state index in [9.17, 15) is 0 Å². The maximum absolute atomic E-state index is 5.51. The van der Waals surface area contributed by atoms with Crippen molar-refractivity contribution >= 4 is 12.1 Å². The molecule has 0 aromatic rings. The van der Waals surface area contributed by atoms with E-state index in [1.54, 1.807) is 13.3 Å². The van der Waals surface area contributed by atoms with Crippen molar-refractivity contribution in [2.24, 2.45) is 21.2 Å². The maximum Gasteiger partial charge on any atom is 0.176 e. The summed E-state index contributed by atoms with van der Waals surface area (Å²) in [5.74, 6) is 5.73. The Bertz CT molecular complexity index is 271. The van der Waals surface area contributed by atoms with Gasteiger partial charge in [0.05, 0.1) is 26.0 Å². The molecule has 6 heteroatoms. The molecule has 0 atom stereocenters. The Kier molecular flexibility index (Phi) is 4.85. The Morgan fingerprint density at radius 3 is 2.69 bits per heavy atom. The molecule has 0 amide bonds. The second-order valence-electron chi connectivity index (χ2n) is 4.46. The zero-order valence-electron chi connectivity index (χ0n) is 10.1. The predicted molar refractivity (Wildman–Crippen MR) is 65.6 cm³/mol. The van der Waals surface area contributed by atoms with Gasteiger partial charge in [-0.3, -0.25) is 9.98 Å². The van der Waals surface area contributed by atoms with E-state index < -0.39 is 0 Å². The highest BCUT2D eigenvalue weighted by molar-refractivity contribution is 6.29. The third kappa shape index (κ3) is 4.26. The van der Waals surface area contributed by atoms with Crippen LogP contribution in [0.15, 0.2) is 9.98 Å². The van der Waals surface area contributed by atoms with Crippen LogP contribution in [0.5, 0.6) is 0 Å². The smallest absolute Gasteiger partial charge is 0.176 e. The van der Waals surface area contributed by atoms with Crippen LogP contribution in [-0.4, -0.2) is 45.1 Å². The van der Waals surface area contributed by atoms with Crippen LogP contribution < -0.4 is 11.3 Å². The van der Waals surface area contributed by atoms with E-state index in [1.165, 1.54) is 0 Å². The van der Waals surface area contributed by atoms with Gasteiger partial charge in [0.1, 0.15) is 0 Å². The van der Waals surface area contributed by atoms with Gasteiger partial charge in [-0.05, 0) is 0 Å². The Morgan fingerprint density at radius 2 is 2.19 bits per heavy atom. The van der Waals surface area contributed by atoms with Crippen molar-refractivity contribution in [2.45, 2.75) is 20.1 Å². The Morgan fingerprint density at radius 1 is 1.56 bits per heavy atom. The highest BCUT2D eigenvalue weighted by atomic mass is 16.7. The van der Waals surface area contributed by atoms with Crippen LogP contribution in [0.25, 0.3) is 0 Å². The third-order valence-corrected chi connectivity index (χ3v) is 2.18. The number of hydrogen-bond acceptors (Lipinski definition) is 5. The lowest BCUT2D eigenvalue weighted by Gasteiger charge is -2.33. The normalized spacial score (nSPS) is 22.6. The molecule has 3 N–H and O–H groups in total. The lowest BCUT2D eigenvalue weighted by Crippen LogP contribution is -2.39. The number of amidine groups is 1. The molecule has 0 aromatic carbocycles. The fraction of sp³-hybridized carbons (Fsp3) is 0.800. The molecule has 0 spiro atoms. The van der Waals surface area contributed by atoms with Crippen LogP contribution in [0, 0.1) is 5.41 Å². The van der Waals surface area contributed by atoms with Gasteiger partial charge < -0.3 is 14.9 Å². The summed E-state index contributed by atoms with van der Waals surface area (Å²) in [4.78, 5) is 8.00. The van der Waals surface area contributed by atoms with Gasteiger partial charge in [0.25, 0.3) is 0 Å². The molecular weight excluding hydrogens is 208 g/mol. The number of rotatable bonds is 3. The Labute approximate surface area is 97.4 Å². The molecule has 1 saturated heterocycles. The number of ether oxygens (including phenoxy) is 2. The lowest BCUT2D eigenvalue weighted by molar-refractivity contribution is -0.215. The fourth-order valence-electron chi connectivity index (χ4n) is 1.22. The van der Waals surface area contributed by atoms with Gasteiger partial charge in [-0.25, -0.2) is 5.84 Å². The van der Waals surface area contributed by atoms with Gasteiger partial charge in [0, 0.05) is 13.9 Å². The van der Waals surface area contributed by atoms with Crippen molar-refractivity contribution in [3.63, 3.8) is 0 Å². The van der Waals surface area contributed by atoms with Crippen LogP contribution in [-0.2, 0) is 9.47 Å². The number of aliphatic imine (C=N–C) groups is 2. The topological polar surface area (TPSA) is 81.2 Å². The van der Waals surface area contributed by atoms with Crippen LogP contribution in [0.4, 0.5) is 0 Å². The predicted octanol–water partition coefficient (Wildman–Crippen LogP) is 0.194. The van der Waals surface area contributed by atoms with E-state index in [-0.39, 0.29) is 13.1 Å². The van der Waals surface area contributed by atoms with Gasteiger partial charge in [-0.1, -0.05) is 13.8 Å². The van der Waals surface area contributed by atoms with Gasteiger partial charge in [0.15, 0.2) is 12.1 Å². The molecule has 94 valence electrons. The molecule has 1 aliphatic heterocycles. The van der Waals surface area contributed by atoms with E-state index in [1.807, 2.05) is 0 Å². The number of nitrogens with zero attached hydrogens (tertiary/aromatic N) is 2. The molecule has 1 rings (SSSR count). The minimum Gasteiger partial charge on any atom is -0.350 e. The summed E-state index contributed by atoms with van der Waals surface area (Å²) in [5, 5.41) is 0. The average Bonchev–Trinajstić information content (AvgIpc) is 2.26. The first-order valence-corrected chi connectivity index (χ1v) is 5.24. The molecule has 0 aromatic heterocycles. The minimum atomic E-state index is -0.264. The van der Waals surface area contributed by atoms with Crippen LogP contribution in [0.2, 0.25) is 0 Å². The average molecular weight is 230 g/mol. The van der Waals surface area contributed by atoms with Crippen molar-refractivity contribution < 1.29 is 10.9 Å². The molecule has 0 unspecified atom stereocenters. The van der Waals surface area contributed by atoms with E-state index in [4.69, 9.17) is 15.3 Å². The van der Waals surface area contributed by atoms with Crippen LogP contribution >= 0.6 is 0 Å². The van der Waals surface area contributed by atoms with Crippen LogP contribution in [0.1, 0.15) is 15.3 Å². The SMILES string of the molecule is CN=C(C=NCC1OCC(C)(C)CO1)NN.[HH]. The molecule has 6 nitrogen and oxygen atoms in total. The Balaban J connectivity index is 0.00000256. The second-order valence-corrected chi connectivity index (χ2v) is 4.46. The number of hydrogen-bond donors (Lipinski definition) is 2. The molecule has 0 bridgehead atoms. The van der Waals surface area contributed by atoms with E-state index in [0.717, 1.165) is 0 Å². The molecule has 1 fully saturated rings. The molecule has 0 saturated carbocycles. The second kappa shape index (κ2) is 5.93. The molecule has 0 radical (unpaired) electrons. The van der Waals surface area contributed by atoms with Crippen molar-refractivity contribution in [2.75, 3.05) is 26.8 Å². The molecular formula is C10H22N4O2. The molecule has 16 heavy (non-hydrogen) atoms. The lowest BCUT2D eigenvalue weighted by atomic mass is 9.96. The third-order valence-electron chi connectivity index (χ3n) is 2.18. The van der Waals surface area contributed by atoms with Crippen molar-refractivity contribution in [1.82, 2.24) is 5.43 Å². The standard InChI is InChI=1S/C10H20N4O2.H2/c1-10(2)6-15-9(16-7-10)5-13-4-8(12-3)14-11;/h4,9H,5-7,11H2,1-3H3,(H,12,14);1H. The number of nitrogens with one attached hydrogen (secondary N) is 1.